The van der Waals surface area contributed by atoms with Crippen molar-refractivity contribution in [2.75, 3.05) is 32.7 Å². The molecule has 1 fully saturated rings. The number of amides is 1. The second-order valence-corrected chi connectivity index (χ2v) is 3.57. The highest BCUT2D eigenvalue weighted by Gasteiger charge is 2.29. The summed E-state index contributed by atoms with van der Waals surface area (Å²) in [6.07, 6.45) is 1.77. The first-order valence-electron chi connectivity index (χ1n) is 5.04. The van der Waals surface area contributed by atoms with E-state index in [0.717, 1.165) is 19.6 Å². The van der Waals surface area contributed by atoms with Crippen molar-refractivity contribution in [3.63, 3.8) is 0 Å². The SMILES string of the molecule is C=CCN1CCN(CCN)C(C)C1=O. The Balaban J connectivity index is 2.54. The zero-order valence-corrected chi connectivity index (χ0v) is 8.78. The first-order valence-corrected chi connectivity index (χ1v) is 5.04. The van der Waals surface area contributed by atoms with Crippen LogP contribution in [0.2, 0.25) is 0 Å². The molecule has 0 saturated carbocycles. The number of hydrogen-bond donors (Lipinski definition) is 1. The van der Waals surface area contributed by atoms with Gasteiger partial charge in [0.1, 0.15) is 0 Å². The van der Waals surface area contributed by atoms with E-state index in [1.54, 1.807) is 6.08 Å². The summed E-state index contributed by atoms with van der Waals surface area (Å²) in [7, 11) is 0. The fraction of sp³-hybridized carbons (Fsp3) is 0.700. The number of nitrogens with zero attached hydrogens (tertiary/aromatic N) is 2. The van der Waals surface area contributed by atoms with Crippen molar-refractivity contribution in [3.8, 4) is 0 Å². The molecule has 1 heterocycles. The minimum atomic E-state index is -0.0350. The van der Waals surface area contributed by atoms with E-state index < -0.39 is 0 Å². The second kappa shape index (κ2) is 5.12. The predicted molar refractivity (Wildman–Crippen MR) is 56.9 cm³/mol. The quantitative estimate of drug-likeness (QED) is 0.627. The Morgan fingerprint density at radius 1 is 1.64 bits per heavy atom. The summed E-state index contributed by atoms with van der Waals surface area (Å²) in [6, 6.07) is -0.0350. The minimum Gasteiger partial charge on any atom is -0.336 e. The first-order chi connectivity index (χ1) is 6.70. The number of carbonyl (C=O) groups is 1. The van der Waals surface area contributed by atoms with Crippen molar-refractivity contribution in [1.82, 2.24) is 9.80 Å². The van der Waals surface area contributed by atoms with Crippen molar-refractivity contribution in [1.29, 1.82) is 0 Å². The van der Waals surface area contributed by atoms with Gasteiger partial charge in [-0.2, -0.15) is 0 Å². The zero-order valence-electron chi connectivity index (χ0n) is 8.78. The van der Waals surface area contributed by atoms with Crippen molar-refractivity contribution in [3.05, 3.63) is 12.7 Å². The average molecular weight is 197 g/mol. The van der Waals surface area contributed by atoms with Crippen LogP contribution in [0.3, 0.4) is 0 Å². The molecule has 1 atom stereocenters. The molecule has 14 heavy (non-hydrogen) atoms. The topological polar surface area (TPSA) is 49.6 Å². The molecule has 0 aromatic rings. The van der Waals surface area contributed by atoms with E-state index in [-0.39, 0.29) is 11.9 Å². The monoisotopic (exact) mass is 197 g/mol. The maximum Gasteiger partial charge on any atom is 0.239 e. The molecular weight excluding hydrogens is 178 g/mol. The third-order valence-corrected chi connectivity index (χ3v) is 2.64. The van der Waals surface area contributed by atoms with Gasteiger partial charge >= 0.3 is 0 Å². The number of piperazine rings is 1. The molecule has 0 spiro atoms. The molecule has 4 nitrogen and oxygen atoms in total. The Hall–Kier alpha value is -0.870. The summed E-state index contributed by atoms with van der Waals surface area (Å²) in [5, 5.41) is 0. The van der Waals surface area contributed by atoms with Crippen LogP contribution in [0.25, 0.3) is 0 Å². The third kappa shape index (κ3) is 2.33. The highest BCUT2D eigenvalue weighted by atomic mass is 16.2. The largest absolute Gasteiger partial charge is 0.336 e. The molecule has 1 aliphatic heterocycles. The van der Waals surface area contributed by atoms with Crippen LogP contribution in [-0.2, 0) is 4.79 Å². The predicted octanol–water partition coefficient (Wildman–Crippen LogP) is -0.336. The zero-order chi connectivity index (χ0) is 10.6. The highest BCUT2D eigenvalue weighted by molar-refractivity contribution is 5.82. The summed E-state index contributed by atoms with van der Waals surface area (Å²) in [6.45, 7) is 9.34. The lowest BCUT2D eigenvalue weighted by Gasteiger charge is -2.38. The van der Waals surface area contributed by atoms with Crippen molar-refractivity contribution in [2.45, 2.75) is 13.0 Å². The third-order valence-electron chi connectivity index (χ3n) is 2.64. The van der Waals surface area contributed by atoms with Crippen molar-refractivity contribution < 1.29 is 4.79 Å². The normalized spacial score (nSPS) is 24.0. The van der Waals surface area contributed by atoms with E-state index in [1.807, 2.05) is 11.8 Å². The molecule has 1 aliphatic rings. The molecule has 80 valence electrons. The summed E-state index contributed by atoms with van der Waals surface area (Å²) >= 11 is 0. The van der Waals surface area contributed by atoms with Gasteiger partial charge in [0.15, 0.2) is 0 Å². The molecule has 1 rings (SSSR count). The van der Waals surface area contributed by atoms with Gasteiger partial charge < -0.3 is 10.6 Å². The molecule has 0 aromatic carbocycles. The van der Waals surface area contributed by atoms with Gasteiger partial charge in [0.05, 0.1) is 6.04 Å². The lowest BCUT2D eigenvalue weighted by Crippen LogP contribution is -2.56. The number of hydrogen-bond acceptors (Lipinski definition) is 3. The molecule has 0 radical (unpaired) electrons. The van der Waals surface area contributed by atoms with Gasteiger partial charge in [-0.1, -0.05) is 6.08 Å². The lowest BCUT2D eigenvalue weighted by atomic mass is 10.1. The lowest BCUT2D eigenvalue weighted by molar-refractivity contribution is -0.140. The Morgan fingerprint density at radius 3 is 2.93 bits per heavy atom. The summed E-state index contributed by atoms with van der Waals surface area (Å²) < 4.78 is 0. The molecule has 4 heteroatoms. The average Bonchev–Trinajstić information content (AvgIpc) is 2.18. The van der Waals surface area contributed by atoms with E-state index >= 15 is 0 Å². The molecule has 0 aliphatic carbocycles. The van der Waals surface area contributed by atoms with E-state index in [2.05, 4.69) is 11.5 Å². The fourth-order valence-corrected chi connectivity index (χ4v) is 1.78. The molecule has 1 saturated heterocycles. The van der Waals surface area contributed by atoms with Gasteiger partial charge in [0, 0.05) is 32.7 Å². The molecule has 2 N–H and O–H groups in total. The Bertz CT molecular complexity index is 217. The molecule has 0 bridgehead atoms. The maximum atomic E-state index is 11.8. The van der Waals surface area contributed by atoms with Crippen LogP contribution < -0.4 is 5.73 Å². The van der Waals surface area contributed by atoms with E-state index in [9.17, 15) is 4.79 Å². The summed E-state index contributed by atoms with van der Waals surface area (Å²) in [5.74, 6) is 0.185. The Morgan fingerprint density at radius 2 is 2.36 bits per heavy atom. The van der Waals surface area contributed by atoms with Crippen LogP contribution >= 0.6 is 0 Å². The smallest absolute Gasteiger partial charge is 0.239 e. The Labute approximate surface area is 85.3 Å². The van der Waals surface area contributed by atoms with Gasteiger partial charge in [0.25, 0.3) is 0 Å². The van der Waals surface area contributed by atoms with Crippen LogP contribution in [0.5, 0.6) is 0 Å². The van der Waals surface area contributed by atoms with Gasteiger partial charge in [-0.3, -0.25) is 9.69 Å². The van der Waals surface area contributed by atoms with Crippen molar-refractivity contribution in [2.24, 2.45) is 5.73 Å². The number of carbonyl (C=O) groups excluding carboxylic acids is 1. The van der Waals surface area contributed by atoms with E-state index in [0.29, 0.717) is 13.1 Å². The van der Waals surface area contributed by atoms with Crippen molar-refractivity contribution >= 4 is 5.91 Å². The van der Waals surface area contributed by atoms with Crippen LogP contribution in [0.15, 0.2) is 12.7 Å². The van der Waals surface area contributed by atoms with Gasteiger partial charge in [-0.05, 0) is 6.92 Å². The molecular formula is C10H19N3O. The Kier molecular flexibility index (Phi) is 4.10. The summed E-state index contributed by atoms with van der Waals surface area (Å²) in [5.41, 5.74) is 5.48. The van der Waals surface area contributed by atoms with Gasteiger partial charge in [0.2, 0.25) is 5.91 Å². The molecule has 0 aromatic heterocycles. The number of rotatable bonds is 4. The highest BCUT2D eigenvalue weighted by Crippen LogP contribution is 2.09. The summed E-state index contributed by atoms with van der Waals surface area (Å²) in [4.78, 5) is 15.8. The second-order valence-electron chi connectivity index (χ2n) is 3.57. The number of nitrogens with two attached hydrogens (primary N) is 1. The standard InChI is InChI=1S/C10H19N3O/c1-3-5-13-8-7-12(6-4-11)9(2)10(13)14/h3,9H,1,4-8,11H2,2H3. The molecule has 1 amide bonds. The van der Waals surface area contributed by atoms with E-state index in [4.69, 9.17) is 5.73 Å². The van der Waals surface area contributed by atoms with E-state index in [1.165, 1.54) is 0 Å². The fourth-order valence-electron chi connectivity index (χ4n) is 1.78. The first kappa shape index (κ1) is 11.2. The van der Waals surface area contributed by atoms with Crippen LogP contribution in [0, 0.1) is 0 Å². The minimum absolute atomic E-state index is 0.0350. The van der Waals surface area contributed by atoms with Gasteiger partial charge in [-0.15, -0.1) is 6.58 Å². The molecule has 1 unspecified atom stereocenters. The van der Waals surface area contributed by atoms with Gasteiger partial charge in [-0.25, -0.2) is 0 Å². The van der Waals surface area contributed by atoms with Crippen LogP contribution in [0.4, 0.5) is 0 Å². The van der Waals surface area contributed by atoms with Crippen LogP contribution in [0.1, 0.15) is 6.92 Å². The maximum absolute atomic E-state index is 11.8. The van der Waals surface area contributed by atoms with Crippen LogP contribution in [-0.4, -0.2) is 54.5 Å².